The molecule has 7 heteroatoms. The van der Waals surface area contributed by atoms with Crippen LogP contribution in [0.15, 0.2) is 35.2 Å². The molecule has 0 aliphatic carbocycles. The largest absolute Gasteiger partial charge is 0.326 e. The van der Waals surface area contributed by atoms with Crippen molar-refractivity contribution >= 4 is 23.5 Å². The lowest BCUT2D eigenvalue weighted by molar-refractivity contribution is -0.115. The Morgan fingerprint density at radius 2 is 1.75 bits per heavy atom. The number of hydrogen-bond donors (Lipinski definition) is 1. The highest BCUT2D eigenvalue weighted by Gasteiger charge is 2.13. The van der Waals surface area contributed by atoms with Crippen molar-refractivity contribution in [2.75, 3.05) is 19.4 Å². The number of anilines is 1. The predicted octanol–water partition coefficient (Wildman–Crippen LogP) is 4.16. The molecule has 24 heavy (non-hydrogen) atoms. The summed E-state index contributed by atoms with van der Waals surface area (Å²) < 4.78 is 41.3. The number of rotatable bonds is 5. The van der Waals surface area contributed by atoms with E-state index in [1.807, 2.05) is 43.5 Å². The van der Waals surface area contributed by atoms with Crippen molar-refractivity contribution in [3.05, 3.63) is 58.9 Å². The van der Waals surface area contributed by atoms with Gasteiger partial charge in [-0.05, 0) is 68.4 Å². The van der Waals surface area contributed by atoms with Gasteiger partial charge in [-0.2, -0.15) is 0 Å². The number of carbonyl (C=O) groups is 1. The Kier molecular flexibility index (Phi) is 5.90. The predicted molar refractivity (Wildman–Crippen MR) is 89.4 cm³/mol. The SMILES string of the molecule is Cc1ccc(SN(C)C)cc1NC(=O)Cc1cc(F)c(F)c(F)c1. The zero-order chi connectivity index (χ0) is 17.9. The molecule has 0 unspecified atom stereocenters. The highest BCUT2D eigenvalue weighted by atomic mass is 32.2. The van der Waals surface area contributed by atoms with E-state index >= 15 is 0 Å². The van der Waals surface area contributed by atoms with Crippen molar-refractivity contribution in [3.63, 3.8) is 0 Å². The van der Waals surface area contributed by atoms with Gasteiger partial charge in [0.1, 0.15) is 0 Å². The molecule has 0 saturated carbocycles. The molecule has 0 aliphatic rings. The van der Waals surface area contributed by atoms with Crippen molar-refractivity contribution < 1.29 is 18.0 Å². The molecule has 2 aromatic rings. The van der Waals surface area contributed by atoms with Gasteiger partial charge in [0.25, 0.3) is 0 Å². The lowest BCUT2D eigenvalue weighted by Gasteiger charge is -2.13. The molecule has 0 atom stereocenters. The van der Waals surface area contributed by atoms with Crippen LogP contribution in [0.4, 0.5) is 18.9 Å². The molecule has 0 aromatic heterocycles. The molecule has 3 nitrogen and oxygen atoms in total. The van der Waals surface area contributed by atoms with Gasteiger partial charge in [-0.15, -0.1) is 0 Å². The molecule has 2 aromatic carbocycles. The third kappa shape index (κ3) is 4.75. The number of carbonyl (C=O) groups excluding carboxylic acids is 1. The number of aryl methyl sites for hydroxylation is 1. The Morgan fingerprint density at radius 1 is 1.12 bits per heavy atom. The molecule has 1 amide bonds. The van der Waals surface area contributed by atoms with Gasteiger partial charge in [0.2, 0.25) is 5.91 Å². The maximum atomic E-state index is 13.2. The van der Waals surface area contributed by atoms with Gasteiger partial charge in [-0.1, -0.05) is 6.07 Å². The summed E-state index contributed by atoms with van der Waals surface area (Å²) in [6.07, 6.45) is -0.251. The minimum atomic E-state index is -1.54. The minimum Gasteiger partial charge on any atom is -0.326 e. The molecule has 0 heterocycles. The van der Waals surface area contributed by atoms with Crippen LogP contribution in [-0.2, 0) is 11.2 Å². The van der Waals surface area contributed by atoms with Crippen LogP contribution in [0.1, 0.15) is 11.1 Å². The van der Waals surface area contributed by atoms with E-state index in [9.17, 15) is 18.0 Å². The maximum absolute atomic E-state index is 13.2. The zero-order valence-electron chi connectivity index (χ0n) is 13.5. The molecule has 1 N–H and O–H groups in total. The second kappa shape index (κ2) is 7.72. The molecule has 0 radical (unpaired) electrons. The first-order valence-corrected chi connectivity index (χ1v) is 7.93. The topological polar surface area (TPSA) is 32.3 Å². The van der Waals surface area contributed by atoms with Gasteiger partial charge in [-0.25, -0.2) is 13.2 Å². The lowest BCUT2D eigenvalue weighted by atomic mass is 10.1. The Morgan fingerprint density at radius 3 is 2.33 bits per heavy atom. The molecule has 0 bridgehead atoms. The third-order valence-corrected chi connectivity index (χ3v) is 4.01. The Hall–Kier alpha value is -1.99. The van der Waals surface area contributed by atoms with Crippen molar-refractivity contribution in [2.24, 2.45) is 0 Å². The molecule has 0 saturated heterocycles. The summed E-state index contributed by atoms with van der Waals surface area (Å²) in [5.74, 6) is -4.59. The molecule has 0 fully saturated rings. The van der Waals surface area contributed by atoms with E-state index in [0.29, 0.717) is 5.69 Å². The van der Waals surface area contributed by atoms with Gasteiger partial charge in [0.05, 0.1) is 6.42 Å². The molecular weight excluding hydrogens is 337 g/mol. The fourth-order valence-corrected chi connectivity index (χ4v) is 2.81. The number of halogens is 3. The minimum absolute atomic E-state index is 0.0698. The van der Waals surface area contributed by atoms with Gasteiger partial charge < -0.3 is 5.32 Å². The summed E-state index contributed by atoms with van der Waals surface area (Å²) in [5.41, 5.74) is 1.55. The van der Waals surface area contributed by atoms with Crippen LogP contribution in [0.25, 0.3) is 0 Å². The van der Waals surface area contributed by atoms with Crippen LogP contribution in [0.3, 0.4) is 0 Å². The summed E-state index contributed by atoms with van der Waals surface area (Å²) in [4.78, 5) is 13.1. The van der Waals surface area contributed by atoms with Gasteiger partial charge in [-0.3, -0.25) is 9.10 Å². The number of nitrogens with one attached hydrogen (secondary N) is 1. The van der Waals surface area contributed by atoms with Crippen molar-refractivity contribution in [3.8, 4) is 0 Å². The summed E-state index contributed by atoms with van der Waals surface area (Å²) in [6.45, 7) is 1.84. The second-order valence-electron chi connectivity index (χ2n) is 5.48. The van der Waals surface area contributed by atoms with Crippen LogP contribution in [-0.4, -0.2) is 24.3 Å². The van der Waals surface area contributed by atoms with E-state index in [4.69, 9.17) is 0 Å². The van der Waals surface area contributed by atoms with Crippen LogP contribution in [0, 0.1) is 24.4 Å². The number of hydrogen-bond acceptors (Lipinski definition) is 3. The highest BCUT2D eigenvalue weighted by molar-refractivity contribution is 7.97. The molecular formula is C17H17F3N2OS. The normalized spacial score (nSPS) is 11.0. The molecule has 2 rings (SSSR count). The monoisotopic (exact) mass is 354 g/mol. The Balaban J connectivity index is 2.12. The number of amides is 1. The van der Waals surface area contributed by atoms with E-state index < -0.39 is 23.4 Å². The first-order valence-electron chi connectivity index (χ1n) is 7.15. The summed E-state index contributed by atoms with van der Waals surface area (Å²) in [5, 5.41) is 2.72. The first-order chi connectivity index (χ1) is 11.3. The smallest absolute Gasteiger partial charge is 0.228 e. The second-order valence-corrected chi connectivity index (χ2v) is 6.86. The van der Waals surface area contributed by atoms with Gasteiger partial charge >= 0.3 is 0 Å². The third-order valence-electron chi connectivity index (χ3n) is 3.18. The summed E-state index contributed by atoms with van der Waals surface area (Å²) in [6, 6.07) is 7.27. The highest BCUT2D eigenvalue weighted by Crippen LogP contribution is 2.26. The molecule has 0 spiro atoms. The van der Waals surface area contributed by atoms with E-state index in [1.54, 1.807) is 0 Å². The summed E-state index contributed by atoms with van der Waals surface area (Å²) in [7, 11) is 3.81. The standard InChI is InChI=1S/C17H17F3N2OS/c1-10-4-5-12(24-22(2)3)9-15(10)21-16(23)8-11-6-13(18)17(20)14(19)7-11/h4-7,9H,8H2,1-3H3,(H,21,23). The number of nitrogens with zero attached hydrogens (tertiary/aromatic N) is 1. The molecule has 0 aliphatic heterocycles. The zero-order valence-corrected chi connectivity index (χ0v) is 14.3. The average molecular weight is 354 g/mol. The van der Waals surface area contributed by atoms with Gasteiger partial charge in [0.15, 0.2) is 17.5 Å². The van der Waals surface area contributed by atoms with Gasteiger partial charge in [0, 0.05) is 10.6 Å². The van der Waals surface area contributed by atoms with E-state index in [0.717, 1.165) is 22.6 Å². The van der Waals surface area contributed by atoms with E-state index in [1.165, 1.54) is 11.9 Å². The Labute approximate surface area is 143 Å². The van der Waals surface area contributed by atoms with Crippen molar-refractivity contribution in [1.82, 2.24) is 4.31 Å². The van der Waals surface area contributed by atoms with Crippen LogP contribution < -0.4 is 5.32 Å². The van der Waals surface area contributed by atoms with Crippen molar-refractivity contribution in [1.29, 1.82) is 0 Å². The average Bonchev–Trinajstić information content (AvgIpc) is 2.47. The molecule has 128 valence electrons. The first kappa shape index (κ1) is 18.4. The van der Waals surface area contributed by atoms with E-state index in [2.05, 4.69) is 5.32 Å². The fourth-order valence-electron chi connectivity index (χ4n) is 2.09. The van der Waals surface area contributed by atoms with Crippen LogP contribution in [0.5, 0.6) is 0 Å². The fraction of sp³-hybridized carbons (Fsp3) is 0.235. The van der Waals surface area contributed by atoms with E-state index in [-0.39, 0.29) is 12.0 Å². The lowest BCUT2D eigenvalue weighted by Crippen LogP contribution is -2.16. The maximum Gasteiger partial charge on any atom is 0.228 e. The number of benzene rings is 2. The Bertz CT molecular complexity index is 742. The van der Waals surface area contributed by atoms with Crippen LogP contribution >= 0.6 is 11.9 Å². The quantitative estimate of drug-likeness (QED) is 0.646. The van der Waals surface area contributed by atoms with Crippen LogP contribution in [0.2, 0.25) is 0 Å². The van der Waals surface area contributed by atoms with Crippen molar-refractivity contribution in [2.45, 2.75) is 18.2 Å². The summed E-state index contributed by atoms with van der Waals surface area (Å²) >= 11 is 1.50.